The summed E-state index contributed by atoms with van der Waals surface area (Å²) in [4.78, 5) is 2.37. The van der Waals surface area contributed by atoms with Gasteiger partial charge in [-0.25, -0.2) is 0 Å². The SMILES string of the molecule is Cl.OCc1cccc(N2CCCNCC2)c1. The van der Waals surface area contributed by atoms with Crippen molar-refractivity contribution in [2.45, 2.75) is 13.0 Å². The summed E-state index contributed by atoms with van der Waals surface area (Å²) >= 11 is 0. The van der Waals surface area contributed by atoms with Crippen molar-refractivity contribution in [3.05, 3.63) is 29.8 Å². The molecule has 2 N–H and O–H groups in total. The van der Waals surface area contributed by atoms with Crippen LogP contribution in [0.2, 0.25) is 0 Å². The first kappa shape index (κ1) is 13.3. The van der Waals surface area contributed by atoms with Gasteiger partial charge in [-0.1, -0.05) is 12.1 Å². The fourth-order valence-corrected chi connectivity index (χ4v) is 1.96. The van der Waals surface area contributed by atoms with E-state index in [9.17, 15) is 0 Å². The van der Waals surface area contributed by atoms with E-state index in [1.54, 1.807) is 0 Å². The Hall–Kier alpha value is -0.770. The Bertz CT molecular complexity index is 312. The molecule has 4 heteroatoms. The van der Waals surface area contributed by atoms with Crippen LogP contribution in [0.5, 0.6) is 0 Å². The molecule has 1 heterocycles. The lowest BCUT2D eigenvalue weighted by molar-refractivity contribution is 0.282. The molecule has 0 atom stereocenters. The molecule has 2 rings (SSSR count). The molecule has 0 aromatic heterocycles. The van der Waals surface area contributed by atoms with E-state index in [0.717, 1.165) is 31.7 Å². The Balaban J connectivity index is 0.00000128. The van der Waals surface area contributed by atoms with Gasteiger partial charge in [-0.15, -0.1) is 12.4 Å². The minimum absolute atomic E-state index is 0. The van der Waals surface area contributed by atoms with Crippen LogP contribution in [0.25, 0.3) is 0 Å². The lowest BCUT2D eigenvalue weighted by Crippen LogP contribution is -2.27. The van der Waals surface area contributed by atoms with Crippen LogP contribution in [0.1, 0.15) is 12.0 Å². The highest BCUT2D eigenvalue weighted by atomic mass is 35.5. The van der Waals surface area contributed by atoms with Crippen molar-refractivity contribution in [1.82, 2.24) is 5.32 Å². The Morgan fingerprint density at radius 1 is 1.25 bits per heavy atom. The standard InChI is InChI=1S/C12H18N2O.ClH/c15-10-11-3-1-4-12(9-11)14-7-2-5-13-6-8-14;/h1,3-4,9,13,15H,2,5-8,10H2;1H. The third-order valence-corrected chi connectivity index (χ3v) is 2.80. The lowest BCUT2D eigenvalue weighted by Gasteiger charge is -2.22. The molecular formula is C12H19ClN2O. The van der Waals surface area contributed by atoms with Gasteiger partial charge < -0.3 is 15.3 Å². The average molecular weight is 243 g/mol. The summed E-state index contributed by atoms with van der Waals surface area (Å²) in [6, 6.07) is 8.16. The predicted octanol–water partition coefficient (Wildman–Crippen LogP) is 1.40. The van der Waals surface area contributed by atoms with Gasteiger partial charge in [-0.3, -0.25) is 0 Å². The molecule has 0 saturated carbocycles. The van der Waals surface area contributed by atoms with E-state index >= 15 is 0 Å². The molecule has 0 bridgehead atoms. The Labute approximate surface area is 103 Å². The number of halogens is 1. The first-order valence-electron chi connectivity index (χ1n) is 5.55. The number of anilines is 1. The Morgan fingerprint density at radius 3 is 2.94 bits per heavy atom. The number of nitrogens with one attached hydrogen (secondary N) is 1. The quantitative estimate of drug-likeness (QED) is 0.823. The van der Waals surface area contributed by atoms with E-state index in [1.807, 2.05) is 12.1 Å². The highest BCUT2D eigenvalue weighted by Crippen LogP contribution is 2.16. The molecular weight excluding hydrogens is 224 g/mol. The molecule has 1 aromatic rings. The van der Waals surface area contributed by atoms with Crippen molar-refractivity contribution in [2.24, 2.45) is 0 Å². The topological polar surface area (TPSA) is 35.5 Å². The fourth-order valence-electron chi connectivity index (χ4n) is 1.96. The van der Waals surface area contributed by atoms with Gasteiger partial charge in [0.2, 0.25) is 0 Å². The first-order valence-corrected chi connectivity index (χ1v) is 5.55. The van der Waals surface area contributed by atoms with Crippen LogP contribution in [0.4, 0.5) is 5.69 Å². The zero-order valence-electron chi connectivity index (χ0n) is 9.35. The fraction of sp³-hybridized carbons (Fsp3) is 0.500. The third kappa shape index (κ3) is 3.37. The molecule has 0 amide bonds. The zero-order chi connectivity index (χ0) is 10.5. The van der Waals surface area contributed by atoms with Crippen molar-refractivity contribution >= 4 is 18.1 Å². The summed E-state index contributed by atoms with van der Waals surface area (Å²) in [5.74, 6) is 0. The minimum atomic E-state index is 0. The Morgan fingerprint density at radius 2 is 2.12 bits per heavy atom. The molecule has 0 aliphatic carbocycles. The van der Waals surface area contributed by atoms with E-state index < -0.39 is 0 Å². The summed E-state index contributed by atoms with van der Waals surface area (Å²) in [6.07, 6.45) is 1.18. The predicted molar refractivity (Wildman–Crippen MR) is 69.3 cm³/mol. The number of aliphatic hydroxyl groups excluding tert-OH is 1. The maximum atomic E-state index is 9.09. The molecule has 0 radical (unpaired) electrons. The van der Waals surface area contributed by atoms with E-state index in [-0.39, 0.29) is 19.0 Å². The second-order valence-electron chi connectivity index (χ2n) is 3.92. The van der Waals surface area contributed by atoms with Crippen molar-refractivity contribution in [3.8, 4) is 0 Å². The van der Waals surface area contributed by atoms with Gasteiger partial charge in [0.1, 0.15) is 0 Å². The van der Waals surface area contributed by atoms with Crippen LogP contribution in [0.15, 0.2) is 24.3 Å². The summed E-state index contributed by atoms with van der Waals surface area (Å²) in [7, 11) is 0. The zero-order valence-corrected chi connectivity index (χ0v) is 10.2. The maximum Gasteiger partial charge on any atom is 0.0682 e. The number of rotatable bonds is 2. The molecule has 1 aliphatic heterocycles. The molecule has 3 nitrogen and oxygen atoms in total. The third-order valence-electron chi connectivity index (χ3n) is 2.80. The summed E-state index contributed by atoms with van der Waals surface area (Å²) in [5.41, 5.74) is 2.22. The first-order chi connectivity index (χ1) is 7.40. The van der Waals surface area contributed by atoms with Crippen molar-refractivity contribution in [2.75, 3.05) is 31.1 Å². The summed E-state index contributed by atoms with van der Waals surface area (Å²) in [5, 5.41) is 12.5. The molecule has 0 unspecified atom stereocenters. The highest BCUT2D eigenvalue weighted by molar-refractivity contribution is 5.85. The van der Waals surface area contributed by atoms with Crippen LogP contribution in [-0.2, 0) is 6.61 Å². The van der Waals surface area contributed by atoms with Crippen molar-refractivity contribution in [3.63, 3.8) is 0 Å². The lowest BCUT2D eigenvalue weighted by atomic mass is 10.2. The largest absolute Gasteiger partial charge is 0.392 e. The molecule has 90 valence electrons. The smallest absolute Gasteiger partial charge is 0.0682 e. The van der Waals surface area contributed by atoms with Gasteiger partial charge >= 0.3 is 0 Å². The van der Waals surface area contributed by atoms with Crippen molar-refractivity contribution < 1.29 is 5.11 Å². The van der Waals surface area contributed by atoms with E-state index in [0.29, 0.717) is 0 Å². The molecule has 1 saturated heterocycles. The second kappa shape index (κ2) is 6.74. The van der Waals surface area contributed by atoms with E-state index in [2.05, 4.69) is 22.3 Å². The van der Waals surface area contributed by atoms with Gasteiger partial charge in [0.05, 0.1) is 6.61 Å². The van der Waals surface area contributed by atoms with Crippen LogP contribution in [0.3, 0.4) is 0 Å². The number of nitrogens with zero attached hydrogens (tertiary/aromatic N) is 1. The van der Waals surface area contributed by atoms with Crippen LogP contribution >= 0.6 is 12.4 Å². The van der Waals surface area contributed by atoms with Crippen LogP contribution in [-0.4, -0.2) is 31.3 Å². The monoisotopic (exact) mass is 242 g/mol. The minimum Gasteiger partial charge on any atom is -0.392 e. The molecule has 1 aromatic carbocycles. The second-order valence-corrected chi connectivity index (χ2v) is 3.92. The molecule has 16 heavy (non-hydrogen) atoms. The van der Waals surface area contributed by atoms with E-state index in [1.165, 1.54) is 12.1 Å². The van der Waals surface area contributed by atoms with Gasteiger partial charge in [0.25, 0.3) is 0 Å². The normalized spacial score (nSPS) is 16.4. The van der Waals surface area contributed by atoms with Crippen LogP contribution in [0, 0.1) is 0 Å². The van der Waals surface area contributed by atoms with E-state index in [4.69, 9.17) is 5.11 Å². The number of hydrogen-bond acceptors (Lipinski definition) is 3. The number of hydrogen-bond donors (Lipinski definition) is 2. The van der Waals surface area contributed by atoms with Gasteiger partial charge in [0.15, 0.2) is 0 Å². The van der Waals surface area contributed by atoms with Gasteiger partial charge in [-0.05, 0) is 30.7 Å². The molecule has 0 spiro atoms. The van der Waals surface area contributed by atoms with Crippen molar-refractivity contribution in [1.29, 1.82) is 0 Å². The van der Waals surface area contributed by atoms with Gasteiger partial charge in [0, 0.05) is 25.3 Å². The molecule has 1 aliphatic rings. The summed E-state index contributed by atoms with van der Waals surface area (Å²) < 4.78 is 0. The average Bonchev–Trinajstić information content (AvgIpc) is 2.58. The van der Waals surface area contributed by atoms with Crippen LogP contribution < -0.4 is 10.2 Å². The number of aliphatic hydroxyl groups is 1. The highest BCUT2D eigenvalue weighted by Gasteiger charge is 2.09. The maximum absolute atomic E-state index is 9.09. The number of benzene rings is 1. The van der Waals surface area contributed by atoms with Gasteiger partial charge in [-0.2, -0.15) is 0 Å². The summed E-state index contributed by atoms with van der Waals surface area (Å²) in [6.45, 7) is 4.43. The Kier molecular flexibility index (Phi) is 5.60. The molecule has 1 fully saturated rings.